The molecule has 22 heavy (non-hydrogen) atoms. The number of rotatable bonds is 4. The van der Waals surface area contributed by atoms with E-state index in [0.29, 0.717) is 11.8 Å². The highest BCUT2D eigenvalue weighted by molar-refractivity contribution is 7.09. The number of alkyl halides is 3. The highest BCUT2D eigenvalue weighted by atomic mass is 32.1. The number of nitro benzene ring substituents is 1. The standard InChI is InChI=1S/C13H12F3N3O2S/c1-8-17-10(7-22-8)6-18(2)11-4-3-9(13(14,15)16)5-12(11)19(20)21/h3-5,7H,6H2,1-2H3. The molecule has 0 unspecified atom stereocenters. The van der Waals surface area contributed by atoms with Crippen LogP contribution in [0.5, 0.6) is 0 Å². The van der Waals surface area contributed by atoms with E-state index in [-0.39, 0.29) is 12.2 Å². The minimum absolute atomic E-state index is 0.114. The van der Waals surface area contributed by atoms with Crippen molar-refractivity contribution in [2.24, 2.45) is 0 Å². The molecule has 0 atom stereocenters. The monoisotopic (exact) mass is 331 g/mol. The summed E-state index contributed by atoms with van der Waals surface area (Å²) in [6.45, 7) is 2.10. The van der Waals surface area contributed by atoms with Crippen molar-refractivity contribution >= 4 is 22.7 Å². The molecule has 1 aromatic carbocycles. The molecule has 2 aromatic rings. The summed E-state index contributed by atoms with van der Waals surface area (Å²) in [7, 11) is 1.57. The summed E-state index contributed by atoms with van der Waals surface area (Å²) in [5, 5.41) is 13.7. The number of nitro groups is 1. The van der Waals surface area contributed by atoms with Gasteiger partial charge in [0.05, 0.1) is 27.7 Å². The van der Waals surface area contributed by atoms with Gasteiger partial charge in [-0.05, 0) is 19.1 Å². The van der Waals surface area contributed by atoms with E-state index in [1.807, 2.05) is 12.3 Å². The molecule has 0 amide bonds. The van der Waals surface area contributed by atoms with Crippen LogP contribution < -0.4 is 4.90 Å². The van der Waals surface area contributed by atoms with E-state index < -0.39 is 22.4 Å². The molecule has 0 radical (unpaired) electrons. The van der Waals surface area contributed by atoms with E-state index in [1.165, 1.54) is 16.2 Å². The number of hydrogen-bond donors (Lipinski definition) is 0. The Hall–Kier alpha value is -2.16. The molecular formula is C13H12F3N3O2S. The minimum atomic E-state index is -4.62. The average Bonchev–Trinajstić information content (AvgIpc) is 2.82. The van der Waals surface area contributed by atoms with Crippen molar-refractivity contribution in [1.82, 2.24) is 4.98 Å². The smallest absolute Gasteiger partial charge is 0.363 e. The Kier molecular flexibility index (Phi) is 4.36. The fraction of sp³-hybridized carbons (Fsp3) is 0.308. The lowest BCUT2D eigenvalue weighted by Crippen LogP contribution is -2.18. The first-order chi connectivity index (χ1) is 10.2. The number of halogens is 3. The first-order valence-corrected chi connectivity index (χ1v) is 7.04. The van der Waals surface area contributed by atoms with E-state index in [9.17, 15) is 23.3 Å². The Morgan fingerprint density at radius 1 is 1.41 bits per heavy atom. The van der Waals surface area contributed by atoms with Crippen molar-refractivity contribution in [3.05, 3.63) is 50.0 Å². The fourth-order valence-electron chi connectivity index (χ4n) is 1.98. The summed E-state index contributed by atoms with van der Waals surface area (Å²) < 4.78 is 38.0. The van der Waals surface area contributed by atoms with Crippen LogP contribution in [0, 0.1) is 17.0 Å². The van der Waals surface area contributed by atoms with Crippen LogP contribution in [0.3, 0.4) is 0 Å². The number of anilines is 1. The lowest BCUT2D eigenvalue weighted by molar-refractivity contribution is -0.384. The second-order valence-electron chi connectivity index (χ2n) is 4.67. The molecule has 9 heteroatoms. The normalized spacial score (nSPS) is 11.5. The molecule has 118 valence electrons. The van der Waals surface area contributed by atoms with Gasteiger partial charge in [-0.15, -0.1) is 11.3 Å². The average molecular weight is 331 g/mol. The van der Waals surface area contributed by atoms with Crippen molar-refractivity contribution < 1.29 is 18.1 Å². The van der Waals surface area contributed by atoms with E-state index in [2.05, 4.69) is 4.98 Å². The second-order valence-corrected chi connectivity index (χ2v) is 5.73. The van der Waals surface area contributed by atoms with Crippen LogP contribution in [0.1, 0.15) is 16.3 Å². The second kappa shape index (κ2) is 5.91. The van der Waals surface area contributed by atoms with Crippen LogP contribution in [-0.2, 0) is 12.7 Å². The molecule has 0 spiro atoms. The predicted octanol–water partition coefficient (Wildman–Crippen LogP) is 4.01. The highest BCUT2D eigenvalue weighted by Crippen LogP contribution is 2.36. The Morgan fingerprint density at radius 3 is 2.59 bits per heavy atom. The Morgan fingerprint density at radius 2 is 2.09 bits per heavy atom. The molecule has 0 saturated heterocycles. The van der Waals surface area contributed by atoms with E-state index in [0.717, 1.165) is 17.1 Å². The van der Waals surface area contributed by atoms with Crippen molar-refractivity contribution in [1.29, 1.82) is 0 Å². The zero-order valence-electron chi connectivity index (χ0n) is 11.7. The third-order valence-corrected chi connectivity index (χ3v) is 3.80. The van der Waals surface area contributed by atoms with E-state index in [1.54, 1.807) is 7.05 Å². The fourth-order valence-corrected chi connectivity index (χ4v) is 2.58. The molecule has 5 nitrogen and oxygen atoms in total. The zero-order chi connectivity index (χ0) is 16.5. The highest BCUT2D eigenvalue weighted by Gasteiger charge is 2.33. The topological polar surface area (TPSA) is 59.3 Å². The summed E-state index contributed by atoms with van der Waals surface area (Å²) in [6.07, 6.45) is -4.62. The molecule has 0 fully saturated rings. The van der Waals surface area contributed by atoms with Crippen LogP contribution in [0.25, 0.3) is 0 Å². The largest absolute Gasteiger partial charge is 0.416 e. The molecule has 1 aromatic heterocycles. The number of aromatic nitrogens is 1. The van der Waals surface area contributed by atoms with Gasteiger partial charge in [-0.1, -0.05) is 0 Å². The maximum atomic E-state index is 12.7. The van der Waals surface area contributed by atoms with E-state index >= 15 is 0 Å². The van der Waals surface area contributed by atoms with Crippen LogP contribution in [0.4, 0.5) is 24.5 Å². The quantitative estimate of drug-likeness (QED) is 0.627. The van der Waals surface area contributed by atoms with Crippen LogP contribution in [-0.4, -0.2) is 17.0 Å². The van der Waals surface area contributed by atoms with Gasteiger partial charge in [-0.2, -0.15) is 13.2 Å². The Labute approximate surface area is 128 Å². The van der Waals surface area contributed by atoms with Crippen LogP contribution in [0.2, 0.25) is 0 Å². The van der Waals surface area contributed by atoms with Gasteiger partial charge in [0.1, 0.15) is 5.69 Å². The zero-order valence-corrected chi connectivity index (χ0v) is 12.5. The molecule has 0 aliphatic heterocycles. The van der Waals surface area contributed by atoms with Gasteiger partial charge >= 0.3 is 6.18 Å². The van der Waals surface area contributed by atoms with Gasteiger partial charge in [0.2, 0.25) is 0 Å². The minimum Gasteiger partial charge on any atom is -0.363 e. The molecular weight excluding hydrogens is 319 g/mol. The van der Waals surface area contributed by atoms with Gasteiger partial charge < -0.3 is 4.90 Å². The lowest BCUT2D eigenvalue weighted by Gasteiger charge is -2.19. The summed E-state index contributed by atoms with van der Waals surface area (Å²) in [5.74, 6) is 0. The van der Waals surface area contributed by atoms with Gasteiger partial charge in [-0.3, -0.25) is 10.1 Å². The first kappa shape index (κ1) is 16.2. The number of benzene rings is 1. The van der Waals surface area contributed by atoms with Crippen LogP contribution >= 0.6 is 11.3 Å². The van der Waals surface area contributed by atoms with Gasteiger partial charge in [0.25, 0.3) is 5.69 Å². The maximum Gasteiger partial charge on any atom is 0.416 e. The van der Waals surface area contributed by atoms with Crippen molar-refractivity contribution in [2.45, 2.75) is 19.6 Å². The summed E-state index contributed by atoms with van der Waals surface area (Å²) in [4.78, 5) is 16.0. The number of hydrogen-bond acceptors (Lipinski definition) is 5. The Bertz CT molecular complexity index is 700. The molecule has 1 heterocycles. The summed E-state index contributed by atoms with van der Waals surface area (Å²) in [5.41, 5.74) is -0.798. The van der Waals surface area contributed by atoms with Gasteiger partial charge in [-0.25, -0.2) is 4.98 Å². The number of nitrogens with zero attached hydrogens (tertiary/aromatic N) is 3. The van der Waals surface area contributed by atoms with Gasteiger partial charge in [0.15, 0.2) is 0 Å². The summed E-state index contributed by atoms with van der Waals surface area (Å²) in [6, 6.07) is 2.50. The SMILES string of the molecule is Cc1nc(CN(C)c2ccc(C(F)(F)F)cc2[N+](=O)[O-])cs1. The molecule has 0 aliphatic rings. The van der Waals surface area contributed by atoms with Crippen molar-refractivity contribution in [3.8, 4) is 0 Å². The predicted molar refractivity (Wildman–Crippen MR) is 77.1 cm³/mol. The number of aryl methyl sites for hydroxylation is 1. The third-order valence-electron chi connectivity index (χ3n) is 2.98. The molecule has 0 aliphatic carbocycles. The first-order valence-electron chi connectivity index (χ1n) is 6.16. The molecule has 0 saturated carbocycles. The lowest BCUT2D eigenvalue weighted by atomic mass is 10.1. The third kappa shape index (κ3) is 3.53. The molecule has 0 bridgehead atoms. The molecule has 0 N–H and O–H groups in total. The Balaban J connectivity index is 2.35. The number of thiazole rings is 1. The van der Waals surface area contributed by atoms with E-state index in [4.69, 9.17) is 0 Å². The van der Waals surface area contributed by atoms with Crippen molar-refractivity contribution in [3.63, 3.8) is 0 Å². The van der Waals surface area contributed by atoms with Crippen molar-refractivity contribution in [2.75, 3.05) is 11.9 Å². The summed E-state index contributed by atoms with van der Waals surface area (Å²) >= 11 is 1.44. The maximum absolute atomic E-state index is 12.7. The van der Waals surface area contributed by atoms with Crippen LogP contribution in [0.15, 0.2) is 23.6 Å². The van der Waals surface area contributed by atoms with Gasteiger partial charge in [0, 0.05) is 18.5 Å². The molecule has 2 rings (SSSR count).